The number of hydrogen-bond acceptors (Lipinski definition) is 6. The van der Waals surface area contributed by atoms with Crippen molar-refractivity contribution in [3.05, 3.63) is 66.2 Å². The van der Waals surface area contributed by atoms with Crippen LogP contribution in [0.1, 0.15) is 16.8 Å². The molecule has 0 unspecified atom stereocenters. The summed E-state index contributed by atoms with van der Waals surface area (Å²) in [4.78, 5) is 31.8. The Labute approximate surface area is 195 Å². The van der Waals surface area contributed by atoms with E-state index in [1.165, 1.54) is 0 Å². The number of anilines is 2. The number of carbonyl (C=O) groups excluding carboxylic acids is 2. The van der Waals surface area contributed by atoms with Gasteiger partial charge in [0.2, 0.25) is 5.91 Å². The van der Waals surface area contributed by atoms with Crippen LogP contribution in [0, 0.1) is 0 Å². The van der Waals surface area contributed by atoms with E-state index in [0.717, 1.165) is 44.9 Å². The molecule has 2 amide bonds. The summed E-state index contributed by atoms with van der Waals surface area (Å²) in [5.41, 5.74) is 2.23. The summed E-state index contributed by atoms with van der Waals surface area (Å²) in [7, 11) is 0. The third-order valence-electron chi connectivity index (χ3n) is 5.59. The summed E-state index contributed by atoms with van der Waals surface area (Å²) in [5.74, 6) is -0.332. The van der Waals surface area contributed by atoms with E-state index in [1.807, 2.05) is 54.6 Å². The smallest absolute Gasteiger partial charge is 0.251 e. The lowest BCUT2D eigenvalue weighted by Gasteiger charge is -2.25. The summed E-state index contributed by atoms with van der Waals surface area (Å²) in [6.07, 6.45) is 0.194. The number of rotatable bonds is 6. The van der Waals surface area contributed by atoms with Gasteiger partial charge in [0.05, 0.1) is 23.4 Å². The molecule has 0 spiro atoms. The largest absolute Gasteiger partial charge is 0.378 e. The summed E-state index contributed by atoms with van der Waals surface area (Å²) in [5, 5.41) is 8.82. The van der Waals surface area contributed by atoms with Crippen molar-refractivity contribution in [2.24, 2.45) is 0 Å². The van der Waals surface area contributed by atoms with Crippen molar-refractivity contribution in [1.82, 2.24) is 10.3 Å². The van der Waals surface area contributed by atoms with Crippen LogP contribution >= 0.6 is 11.3 Å². The van der Waals surface area contributed by atoms with Crippen molar-refractivity contribution in [3.8, 4) is 0 Å². The Morgan fingerprint density at radius 1 is 1.00 bits per heavy atom. The zero-order chi connectivity index (χ0) is 22.6. The van der Waals surface area contributed by atoms with Gasteiger partial charge in [0.1, 0.15) is 0 Å². The number of nitrogens with one attached hydrogen (secondary N) is 2. The van der Waals surface area contributed by atoms with Crippen molar-refractivity contribution in [2.75, 3.05) is 43.1 Å². The van der Waals surface area contributed by atoms with E-state index in [9.17, 15) is 9.59 Å². The molecular weight excluding hydrogens is 436 g/mol. The highest BCUT2D eigenvalue weighted by Crippen LogP contribution is 2.31. The van der Waals surface area contributed by atoms with Gasteiger partial charge in [-0.2, -0.15) is 0 Å². The van der Waals surface area contributed by atoms with Gasteiger partial charge in [-0.05, 0) is 41.1 Å². The molecule has 1 aliphatic heterocycles. The number of thiazole rings is 1. The Bertz CT molecular complexity index is 1310. The van der Waals surface area contributed by atoms with Crippen molar-refractivity contribution < 1.29 is 14.3 Å². The van der Waals surface area contributed by atoms with Crippen molar-refractivity contribution >= 4 is 55.0 Å². The Hall–Kier alpha value is -3.49. The van der Waals surface area contributed by atoms with E-state index in [1.54, 1.807) is 17.4 Å². The highest BCUT2D eigenvalue weighted by atomic mass is 32.1. The molecule has 0 atom stereocenters. The van der Waals surface area contributed by atoms with Crippen molar-refractivity contribution in [3.63, 3.8) is 0 Å². The monoisotopic (exact) mass is 460 g/mol. The van der Waals surface area contributed by atoms with Crippen LogP contribution in [0.2, 0.25) is 0 Å². The molecule has 1 aliphatic rings. The highest BCUT2D eigenvalue weighted by Gasteiger charge is 2.16. The van der Waals surface area contributed by atoms with Gasteiger partial charge in [0, 0.05) is 37.3 Å². The minimum Gasteiger partial charge on any atom is -0.378 e. The molecule has 2 N–H and O–H groups in total. The molecule has 5 rings (SSSR count). The second-order valence-electron chi connectivity index (χ2n) is 7.89. The zero-order valence-corrected chi connectivity index (χ0v) is 18.9. The van der Waals surface area contributed by atoms with Crippen LogP contribution < -0.4 is 15.5 Å². The molecule has 4 aromatic rings. The number of aromatic nitrogens is 1. The SMILES string of the molecule is O=C(CCNC(=O)c1ccc2ccccc2c1)Nc1ccc2nc(N3CCOCC3)sc2c1. The second kappa shape index (κ2) is 9.56. The quantitative estimate of drug-likeness (QED) is 0.454. The molecular formula is C25H24N4O3S. The van der Waals surface area contributed by atoms with Crippen LogP contribution in [-0.4, -0.2) is 49.6 Å². The number of carbonyl (C=O) groups is 2. The van der Waals surface area contributed by atoms with E-state index in [4.69, 9.17) is 9.72 Å². The average Bonchev–Trinajstić information content (AvgIpc) is 3.28. The molecule has 1 aromatic heterocycles. The minimum atomic E-state index is -0.185. The van der Waals surface area contributed by atoms with Crippen molar-refractivity contribution in [1.29, 1.82) is 0 Å². The van der Waals surface area contributed by atoms with E-state index >= 15 is 0 Å². The van der Waals surface area contributed by atoms with Crippen LogP contribution in [0.3, 0.4) is 0 Å². The highest BCUT2D eigenvalue weighted by molar-refractivity contribution is 7.22. The Balaban J connectivity index is 1.15. The van der Waals surface area contributed by atoms with Crippen LogP contribution in [0.15, 0.2) is 60.7 Å². The lowest BCUT2D eigenvalue weighted by atomic mass is 10.1. The van der Waals surface area contributed by atoms with Gasteiger partial charge in [-0.15, -0.1) is 0 Å². The number of ether oxygens (including phenoxy) is 1. The van der Waals surface area contributed by atoms with E-state index in [-0.39, 0.29) is 24.8 Å². The van der Waals surface area contributed by atoms with Crippen LogP contribution in [-0.2, 0) is 9.53 Å². The van der Waals surface area contributed by atoms with Gasteiger partial charge in [0.15, 0.2) is 5.13 Å². The first-order valence-corrected chi connectivity index (χ1v) is 11.8. The third kappa shape index (κ3) is 4.97. The van der Waals surface area contributed by atoms with Crippen LogP contribution in [0.5, 0.6) is 0 Å². The summed E-state index contributed by atoms with van der Waals surface area (Å²) in [6, 6.07) is 19.2. The molecule has 1 fully saturated rings. The first-order valence-electron chi connectivity index (χ1n) is 11.0. The molecule has 0 aliphatic carbocycles. The first-order chi connectivity index (χ1) is 16.2. The number of benzene rings is 3. The molecule has 2 heterocycles. The molecule has 0 bridgehead atoms. The number of hydrogen-bond donors (Lipinski definition) is 2. The standard InChI is InChI=1S/C25H24N4O3S/c30-23(9-10-26-24(31)19-6-5-17-3-1-2-4-18(17)15-19)27-20-7-8-21-22(16-20)33-25(28-21)29-11-13-32-14-12-29/h1-8,15-16H,9-14H2,(H,26,31)(H,27,30). The van der Waals surface area contributed by atoms with Gasteiger partial charge in [-0.3, -0.25) is 9.59 Å². The summed E-state index contributed by atoms with van der Waals surface area (Å²) >= 11 is 1.62. The fraction of sp³-hybridized carbons (Fsp3) is 0.240. The van der Waals surface area contributed by atoms with Gasteiger partial charge in [-0.25, -0.2) is 4.98 Å². The maximum Gasteiger partial charge on any atom is 0.251 e. The second-order valence-corrected chi connectivity index (χ2v) is 8.90. The maximum absolute atomic E-state index is 12.4. The Morgan fingerprint density at radius 2 is 1.82 bits per heavy atom. The fourth-order valence-corrected chi connectivity index (χ4v) is 4.88. The first kappa shape index (κ1) is 21.4. The molecule has 0 saturated carbocycles. The average molecular weight is 461 g/mol. The summed E-state index contributed by atoms with van der Waals surface area (Å²) < 4.78 is 6.44. The lowest BCUT2D eigenvalue weighted by molar-refractivity contribution is -0.116. The van der Waals surface area contributed by atoms with Gasteiger partial charge in [0.25, 0.3) is 5.91 Å². The number of nitrogens with zero attached hydrogens (tertiary/aromatic N) is 2. The molecule has 8 heteroatoms. The van der Waals surface area contributed by atoms with Crippen LogP contribution in [0.4, 0.5) is 10.8 Å². The summed E-state index contributed by atoms with van der Waals surface area (Å²) in [6.45, 7) is 3.38. The predicted octanol–water partition coefficient (Wildman–Crippen LogP) is 4.04. The van der Waals surface area contributed by atoms with Gasteiger partial charge < -0.3 is 20.3 Å². The molecule has 168 valence electrons. The predicted molar refractivity (Wildman–Crippen MR) is 132 cm³/mol. The van der Waals surface area contributed by atoms with Gasteiger partial charge in [-0.1, -0.05) is 41.7 Å². The molecule has 3 aromatic carbocycles. The topological polar surface area (TPSA) is 83.6 Å². The molecule has 0 radical (unpaired) electrons. The molecule has 1 saturated heterocycles. The number of fused-ring (bicyclic) bond motifs is 2. The zero-order valence-electron chi connectivity index (χ0n) is 18.0. The third-order valence-corrected chi connectivity index (χ3v) is 6.67. The minimum absolute atomic E-state index is 0.147. The van der Waals surface area contributed by atoms with Crippen molar-refractivity contribution in [2.45, 2.75) is 6.42 Å². The number of amides is 2. The molecule has 7 nitrogen and oxygen atoms in total. The van der Waals surface area contributed by atoms with Crippen LogP contribution in [0.25, 0.3) is 21.0 Å². The Kier molecular flexibility index (Phi) is 6.19. The van der Waals surface area contributed by atoms with E-state index in [2.05, 4.69) is 15.5 Å². The number of morpholine rings is 1. The Morgan fingerprint density at radius 3 is 2.67 bits per heavy atom. The van der Waals surface area contributed by atoms with E-state index in [0.29, 0.717) is 18.8 Å². The fourth-order valence-electron chi connectivity index (χ4n) is 3.83. The maximum atomic E-state index is 12.4. The normalized spacial score (nSPS) is 13.9. The van der Waals surface area contributed by atoms with Gasteiger partial charge >= 0.3 is 0 Å². The molecule has 33 heavy (non-hydrogen) atoms. The lowest BCUT2D eigenvalue weighted by Crippen LogP contribution is -2.36. The van der Waals surface area contributed by atoms with E-state index < -0.39 is 0 Å².